The van der Waals surface area contributed by atoms with Crippen LogP contribution in [0.4, 0.5) is 0 Å². The van der Waals surface area contributed by atoms with Crippen LogP contribution in [0.1, 0.15) is 29.2 Å². The number of rotatable bonds is 3. The van der Waals surface area contributed by atoms with E-state index in [2.05, 4.69) is 10.3 Å². The molecule has 108 valence electrons. The van der Waals surface area contributed by atoms with E-state index in [0.29, 0.717) is 5.56 Å². The van der Waals surface area contributed by atoms with Crippen LogP contribution < -0.4 is 5.32 Å². The third kappa shape index (κ3) is 2.56. The van der Waals surface area contributed by atoms with E-state index in [4.69, 9.17) is 0 Å². The Bertz CT molecular complexity index is 801. The highest BCUT2D eigenvalue weighted by molar-refractivity contribution is 7.09. The van der Waals surface area contributed by atoms with Crippen molar-refractivity contribution in [3.8, 4) is 11.4 Å². The summed E-state index contributed by atoms with van der Waals surface area (Å²) in [4.78, 5) is 16.9. The van der Waals surface area contributed by atoms with Gasteiger partial charge in [0.25, 0.3) is 5.91 Å². The first-order valence-corrected chi connectivity index (χ1v) is 7.77. The second kappa shape index (κ2) is 5.33. The lowest BCUT2D eigenvalue weighted by molar-refractivity contribution is 0.0945. The topological polar surface area (TPSA) is 46.4 Å². The Balaban J connectivity index is 2.16. The van der Waals surface area contributed by atoms with Crippen LogP contribution in [0.25, 0.3) is 16.9 Å². The van der Waals surface area contributed by atoms with Crippen molar-refractivity contribution in [2.24, 2.45) is 0 Å². The first-order valence-electron chi connectivity index (χ1n) is 6.89. The molecule has 0 aromatic carbocycles. The van der Waals surface area contributed by atoms with Gasteiger partial charge in [-0.15, -0.1) is 11.3 Å². The highest BCUT2D eigenvalue weighted by Crippen LogP contribution is 2.27. The number of amides is 1. The number of hydrogen-bond acceptors (Lipinski definition) is 3. The Morgan fingerprint density at radius 2 is 2.19 bits per heavy atom. The average molecular weight is 299 g/mol. The van der Waals surface area contributed by atoms with Gasteiger partial charge in [-0.05, 0) is 39.0 Å². The van der Waals surface area contributed by atoms with Crippen molar-refractivity contribution in [2.75, 3.05) is 0 Å². The van der Waals surface area contributed by atoms with E-state index in [-0.39, 0.29) is 11.9 Å². The van der Waals surface area contributed by atoms with E-state index in [1.807, 2.05) is 61.0 Å². The van der Waals surface area contributed by atoms with Gasteiger partial charge in [0.05, 0.1) is 27.5 Å². The number of carbonyl (C=O) groups is 1. The Hall–Kier alpha value is -2.14. The molecule has 3 heterocycles. The molecule has 0 spiro atoms. The molecule has 3 aromatic rings. The van der Waals surface area contributed by atoms with Crippen LogP contribution in [-0.2, 0) is 0 Å². The minimum atomic E-state index is -0.0492. The number of nitrogens with zero attached hydrogens (tertiary/aromatic N) is 2. The van der Waals surface area contributed by atoms with E-state index in [9.17, 15) is 4.79 Å². The van der Waals surface area contributed by atoms with E-state index in [0.717, 1.165) is 21.9 Å². The van der Waals surface area contributed by atoms with Crippen molar-refractivity contribution in [1.82, 2.24) is 14.7 Å². The van der Waals surface area contributed by atoms with Crippen LogP contribution in [0, 0.1) is 6.92 Å². The van der Waals surface area contributed by atoms with Gasteiger partial charge in [0.2, 0.25) is 0 Å². The predicted octanol–water partition coefficient (Wildman–Crippen LogP) is 3.51. The lowest BCUT2D eigenvalue weighted by Gasteiger charge is -2.07. The van der Waals surface area contributed by atoms with Gasteiger partial charge in [0, 0.05) is 17.6 Å². The number of fused-ring (bicyclic) bond motifs is 1. The number of pyridine rings is 1. The van der Waals surface area contributed by atoms with Gasteiger partial charge in [-0.1, -0.05) is 6.07 Å². The van der Waals surface area contributed by atoms with Gasteiger partial charge in [-0.3, -0.25) is 4.79 Å². The summed E-state index contributed by atoms with van der Waals surface area (Å²) in [6.07, 6.45) is 1.96. The van der Waals surface area contributed by atoms with Crippen LogP contribution >= 0.6 is 11.3 Å². The molecular formula is C16H17N3OS. The molecule has 0 saturated heterocycles. The Labute approximate surface area is 127 Å². The van der Waals surface area contributed by atoms with Gasteiger partial charge in [-0.2, -0.15) is 0 Å². The predicted molar refractivity (Wildman–Crippen MR) is 85.8 cm³/mol. The van der Waals surface area contributed by atoms with Gasteiger partial charge in [0.15, 0.2) is 0 Å². The molecule has 5 heteroatoms. The number of nitrogens with one attached hydrogen (secondary N) is 1. The standard InChI is InChI=1S/C16H17N3OS/c1-10(2)17-16(20)12-8-15(13-9-21-11(3)18-13)19-7-5-4-6-14(12)19/h4-10H,1-3H3,(H,17,20). The number of aryl methyl sites for hydroxylation is 1. The van der Waals surface area contributed by atoms with Crippen molar-refractivity contribution >= 4 is 22.8 Å². The number of thiazole rings is 1. The molecule has 0 unspecified atom stereocenters. The fraction of sp³-hybridized carbons (Fsp3) is 0.250. The summed E-state index contributed by atoms with van der Waals surface area (Å²) < 4.78 is 2.02. The van der Waals surface area contributed by atoms with Gasteiger partial charge < -0.3 is 9.72 Å². The molecule has 0 bridgehead atoms. The van der Waals surface area contributed by atoms with Crippen molar-refractivity contribution in [2.45, 2.75) is 26.8 Å². The quantitative estimate of drug-likeness (QED) is 0.804. The zero-order valence-corrected chi connectivity index (χ0v) is 13.1. The highest BCUT2D eigenvalue weighted by atomic mass is 32.1. The first kappa shape index (κ1) is 13.8. The fourth-order valence-electron chi connectivity index (χ4n) is 2.35. The zero-order chi connectivity index (χ0) is 15.0. The van der Waals surface area contributed by atoms with E-state index in [1.165, 1.54) is 0 Å². The second-order valence-electron chi connectivity index (χ2n) is 5.28. The van der Waals surface area contributed by atoms with Crippen LogP contribution in [0.5, 0.6) is 0 Å². The maximum atomic E-state index is 12.4. The lowest BCUT2D eigenvalue weighted by atomic mass is 10.2. The molecule has 0 aliphatic rings. The lowest BCUT2D eigenvalue weighted by Crippen LogP contribution is -2.29. The summed E-state index contributed by atoms with van der Waals surface area (Å²) >= 11 is 1.61. The fourth-order valence-corrected chi connectivity index (χ4v) is 2.96. The summed E-state index contributed by atoms with van der Waals surface area (Å²) in [7, 11) is 0. The largest absolute Gasteiger partial charge is 0.350 e. The molecular weight excluding hydrogens is 282 g/mol. The normalized spacial score (nSPS) is 11.2. The summed E-state index contributed by atoms with van der Waals surface area (Å²) in [5.41, 5.74) is 3.44. The Morgan fingerprint density at radius 3 is 2.86 bits per heavy atom. The Morgan fingerprint density at radius 1 is 1.38 bits per heavy atom. The molecule has 0 atom stereocenters. The minimum absolute atomic E-state index is 0.0492. The molecule has 0 saturated carbocycles. The maximum absolute atomic E-state index is 12.4. The van der Waals surface area contributed by atoms with Gasteiger partial charge >= 0.3 is 0 Å². The van der Waals surface area contributed by atoms with E-state index in [1.54, 1.807) is 11.3 Å². The maximum Gasteiger partial charge on any atom is 0.253 e. The van der Waals surface area contributed by atoms with Crippen LogP contribution in [0.2, 0.25) is 0 Å². The molecule has 0 aliphatic heterocycles. The number of hydrogen-bond donors (Lipinski definition) is 1. The molecule has 3 rings (SSSR count). The highest BCUT2D eigenvalue weighted by Gasteiger charge is 2.17. The molecule has 1 amide bonds. The van der Waals surface area contributed by atoms with Crippen molar-refractivity contribution in [3.63, 3.8) is 0 Å². The van der Waals surface area contributed by atoms with Crippen LogP contribution in [0.15, 0.2) is 35.8 Å². The zero-order valence-electron chi connectivity index (χ0n) is 12.3. The molecule has 1 N–H and O–H groups in total. The van der Waals surface area contributed by atoms with Crippen molar-refractivity contribution in [3.05, 3.63) is 46.4 Å². The van der Waals surface area contributed by atoms with Crippen LogP contribution in [0.3, 0.4) is 0 Å². The molecule has 0 aliphatic carbocycles. The summed E-state index contributed by atoms with van der Waals surface area (Å²) in [5.74, 6) is -0.0492. The van der Waals surface area contributed by atoms with Crippen molar-refractivity contribution < 1.29 is 4.79 Å². The molecule has 21 heavy (non-hydrogen) atoms. The first-order chi connectivity index (χ1) is 10.1. The number of carbonyl (C=O) groups excluding carboxylic acids is 1. The van der Waals surface area contributed by atoms with E-state index < -0.39 is 0 Å². The van der Waals surface area contributed by atoms with Crippen molar-refractivity contribution in [1.29, 1.82) is 0 Å². The number of aromatic nitrogens is 2. The summed E-state index contributed by atoms with van der Waals surface area (Å²) in [6.45, 7) is 5.90. The third-order valence-electron chi connectivity index (χ3n) is 3.22. The SMILES string of the molecule is Cc1nc(-c2cc(C(=O)NC(C)C)c3ccccn23)cs1. The third-order valence-corrected chi connectivity index (χ3v) is 4.00. The molecule has 0 radical (unpaired) electrons. The minimum Gasteiger partial charge on any atom is -0.350 e. The average Bonchev–Trinajstić information content (AvgIpc) is 3.01. The smallest absolute Gasteiger partial charge is 0.253 e. The van der Waals surface area contributed by atoms with Gasteiger partial charge in [0.1, 0.15) is 0 Å². The Kier molecular flexibility index (Phi) is 3.51. The molecule has 4 nitrogen and oxygen atoms in total. The summed E-state index contributed by atoms with van der Waals surface area (Å²) in [5, 5.41) is 5.99. The monoisotopic (exact) mass is 299 g/mol. The van der Waals surface area contributed by atoms with E-state index >= 15 is 0 Å². The molecule has 0 fully saturated rings. The molecule has 3 aromatic heterocycles. The summed E-state index contributed by atoms with van der Waals surface area (Å²) in [6, 6.07) is 7.89. The van der Waals surface area contributed by atoms with Gasteiger partial charge in [-0.25, -0.2) is 4.98 Å². The second-order valence-corrected chi connectivity index (χ2v) is 6.34. The van der Waals surface area contributed by atoms with Crippen LogP contribution in [-0.4, -0.2) is 21.3 Å².